The number of nitrogen functional groups attached to an aromatic ring is 1. The average Bonchev–Trinajstić information content (AvgIpc) is 2.48. The zero-order valence-electron chi connectivity index (χ0n) is 12.5. The Bertz CT molecular complexity index is 683. The molecule has 0 radical (unpaired) electrons. The van der Waals surface area contributed by atoms with Gasteiger partial charge >= 0.3 is 5.97 Å². The quantitative estimate of drug-likeness (QED) is 0.687. The molecule has 0 saturated heterocycles. The number of ether oxygens (including phenoxy) is 2. The predicted molar refractivity (Wildman–Crippen MR) is 78.3 cm³/mol. The fourth-order valence-electron chi connectivity index (χ4n) is 2.19. The number of carbonyl (C=O) groups is 1. The molecular weight excluding hydrogens is 289 g/mol. The van der Waals surface area contributed by atoms with Crippen molar-refractivity contribution >= 4 is 11.7 Å². The van der Waals surface area contributed by atoms with Crippen LogP contribution in [-0.4, -0.2) is 30.2 Å². The van der Waals surface area contributed by atoms with Crippen LogP contribution in [-0.2, 0) is 14.3 Å². The molecule has 0 spiro atoms. The van der Waals surface area contributed by atoms with E-state index >= 15 is 0 Å². The summed E-state index contributed by atoms with van der Waals surface area (Å²) in [5.41, 5.74) is 7.21. The van der Waals surface area contributed by atoms with Gasteiger partial charge in [-0.1, -0.05) is 6.07 Å². The highest BCUT2D eigenvalue weighted by Crippen LogP contribution is 2.34. The number of hydrogen-bond donors (Lipinski definition) is 1. The van der Waals surface area contributed by atoms with E-state index < -0.39 is 18.0 Å². The number of halogens is 1. The maximum Gasteiger partial charge on any atom is 0.341 e. The van der Waals surface area contributed by atoms with Crippen LogP contribution in [0.1, 0.15) is 17.5 Å². The van der Waals surface area contributed by atoms with Gasteiger partial charge in [0.05, 0.1) is 18.4 Å². The largest absolute Gasteiger partial charge is 0.467 e. The normalized spacial score (nSPS) is 12.0. The number of carbonyl (C=O) groups excluding carboxylic acids is 1. The molecule has 6 nitrogen and oxygen atoms in total. The first-order valence-electron chi connectivity index (χ1n) is 6.48. The first-order valence-corrected chi connectivity index (χ1v) is 6.48. The van der Waals surface area contributed by atoms with Gasteiger partial charge < -0.3 is 15.2 Å². The summed E-state index contributed by atoms with van der Waals surface area (Å²) in [6.07, 6.45) is 0.394. The van der Waals surface area contributed by atoms with E-state index in [9.17, 15) is 9.18 Å². The maximum atomic E-state index is 14.3. The van der Waals surface area contributed by atoms with Gasteiger partial charge in [0, 0.05) is 30.3 Å². The van der Waals surface area contributed by atoms with Crippen molar-refractivity contribution in [2.75, 3.05) is 20.0 Å². The number of aromatic nitrogens is 2. The molecule has 7 heteroatoms. The number of nitrogens with two attached hydrogens (primary N) is 1. The summed E-state index contributed by atoms with van der Waals surface area (Å²) >= 11 is 0. The van der Waals surface area contributed by atoms with Crippen molar-refractivity contribution in [2.45, 2.75) is 13.0 Å². The molecule has 0 saturated carbocycles. The first kappa shape index (κ1) is 15.8. The summed E-state index contributed by atoms with van der Waals surface area (Å²) in [5, 5.41) is 0. The SMILES string of the molecule is COC(=O)C(OC)c1ncccc1-c1c(N)cc(C)nc1F. The molecule has 2 aromatic rings. The molecule has 0 amide bonds. The van der Waals surface area contributed by atoms with Crippen LogP contribution in [0.3, 0.4) is 0 Å². The number of pyridine rings is 2. The van der Waals surface area contributed by atoms with Crippen LogP contribution < -0.4 is 5.73 Å². The van der Waals surface area contributed by atoms with Crippen molar-refractivity contribution in [2.24, 2.45) is 0 Å². The molecule has 1 unspecified atom stereocenters. The number of anilines is 1. The summed E-state index contributed by atoms with van der Waals surface area (Å²) in [5.74, 6) is -1.37. The van der Waals surface area contributed by atoms with Gasteiger partial charge in [0.1, 0.15) is 0 Å². The summed E-state index contributed by atoms with van der Waals surface area (Å²) in [6.45, 7) is 1.64. The Morgan fingerprint density at radius 2 is 2.14 bits per heavy atom. The second kappa shape index (κ2) is 6.48. The van der Waals surface area contributed by atoms with E-state index in [1.807, 2.05) is 0 Å². The lowest BCUT2D eigenvalue weighted by Gasteiger charge is -2.17. The number of esters is 1. The zero-order valence-corrected chi connectivity index (χ0v) is 12.5. The molecule has 2 aromatic heterocycles. The van der Waals surface area contributed by atoms with Gasteiger partial charge in [-0.05, 0) is 19.1 Å². The van der Waals surface area contributed by atoms with Crippen molar-refractivity contribution < 1.29 is 18.7 Å². The van der Waals surface area contributed by atoms with Crippen molar-refractivity contribution in [3.05, 3.63) is 41.7 Å². The molecule has 116 valence electrons. The summed E-state index contributed by atoms with van der Waals surface area (Å²) in [7, 11) is 2.58. The van der Waals surface area contributed by atoms with Gasteiger partial charge in [0.25, 0.3) is 0 Å². The molecule has 2 N–H and O–H groups in total. The van der Waals surface area contributed by atoms with E-state index in [1.165, 1.54) is 20.4 Å². The standard InChI is InChI=1S/C15H16FN3O3/c1-8-7-10(17)11(14(16)19-8)9-5-4-6-18-12(9)13(21-2)15(20)22-3/h4-7,13H,1-3H3,(H2,17,19). The van der Waals surface area contributed by atoms with Crippen LogP contribution in [0.25, 0.3) is 11.1 Å². The molecule has 0 aliphatic carbocycles. The van der Waals surface area contributed by atoms with Crippen LogP contribution >= 0.6 is 0 Å². The van der Waals surface area contributed by atoms with Gasteiger partial charge in [-0.3, -0.25) is 4.98 Å². The molecule has 2 rings (SSSR count). The van der Waals surface area contributed by atoms with Crippen molar-refractivity contribution in [3.8, 4) is 11.1 Å². The molecule has 2 heterocycles. The fourth-order valence-corrected chi connectivity index (χ4v) is 2.19. The number of methoxy groups -OCH3 is 2. The van der Waals surface area contributed by atoms with E-state index in [-0.39, 0.29) is 16.9 Å². The van der Waals surface area contributed by atoms with Gasteiger partial charge in [-0.2, -0.15) is 4.39 Å². The predicted octanol–water partition coefficient (Wildman–Crippen LogP) is 2.03. The van der Waals surface area contributed by atoms with Crippen molar-refractivity contribution in [1.29, 1.82) is 0 Å². The Morgan fingerprint density at radius 1 is 1.41 bits per heavy atom. The number of aryl methyl sites for hydroxylation is 1. The van der Waals surface area contributed by atoms with Crippen LogP contribution in [0.15, 0.2) is 24.4 Å². The third-order valence-electron chi connectivity index (χ3n) is 3.14. The van der Waals surface area contributed by atoms with E-state index in [1.54, 1.807) is 25.1 Å². The summed E-state index contributed by atoms with van der Waals surface area (Å²) in [4.78, 5) is 19.7. The minimum atomic E-state index is -1.08. The molecule has 1 atom stereocenters. The highest BCUT2D eigenvalue weighted by Gasteiger charge is 2.27. The Kier molecular flexibility index (Phi) is 4.67. The molecular formula is C15H16FN3O3. The van der Waals surface area contributed by atoms with Gasteiger partial charge in [0.15, 0.2) is 6.10 Å². The molecule has 0 bridgehead atoms. The molecule has 0 aromatic carbocycles. The molecule has 0 aliphatic rings. The van der Waals surface area contributed by atoms with Crippen LogP contribution in [0.4, 0.5) is 10.1 Å². The highest BCUT2D eigenvalue weighted by atomic mass is 19.1. The lowest BCUT2D eigenvalue weighted by atomic mass is 10.0. The Labute approximate surface area is 127 Å². The molecule has 22 heavy (non-hydrogen) atoms. The first-order chi connectivity index (χ1) is 10.5. The Hall–Kier alpha value is -2.54. The van der Waals surface area contributed by atoms with Crippen molar-refractivity contribution in [3.63, 3.8) is 0 Å². The Morgan fingerprint density at radius 3 is 2.73 bits per heavy atom. The minimum absolute atomic E-state index is 0.0830. The number of hydrogen-bond acceptors (Lipinski definition) is 6. The third kappa shape index (κ3) is 2.89. The molecule has 0 aliphatic heterocycles. The maximum absolute atomic E-state index is 14.3. The van der Waals surface area contributed by atoms with E-state index in [0.29, 0.717) is 11.3 Å². The van der Waals surface area contributed by atoms with Gasteiger partial charge in [0.2, 0.25) is 5.95 Å². The summed E-state index contributed by atoms with van der Waals surface area (Å²) < 4.78 is 24.1. The van der Waals surface area contributed by atoms with E-state index in [4.69, 9.17) is 10.5 Å². The van der Waals surface area contributed by atoms with Crippen LogP contribution in [0, 0.1) is 12.9 Å². The van der Waals surface area contributed by atoms with Gasteiger partial charge in [-0.25, -0.2) is 9.78 Å². The molecule has 0 fully saturated rings. The highest BCUT2D eigenvalue weighted by molar-refractivity contribution is 5.83. The monoisotopic (exact) mass is 305 g/mol. The zero-order chi connectivity index (χ0) is 16.3. The van der Waals surface area contributed by atoms with Crippen molar-refractivity contribution in [1.82, 2.24) is 9.97 Å². The lowest BCUT2D eigenvalue weighted by molar-refractivity contribution is -0.152. The van der Waals surface area contributed by atoms with Gasteiger partial charge in [-0.15, -0.1) is 0 Å². The smallest absolute Gasteiger partial charge is 0.341 e. The van der Waals surface area contributed by atoms with E-state index in [0.717, 1.165) is 0 Å². The summed E-state index contributed by atoms with van der Waals surface area (Å²) in [6, 6.07) is 4.76. The second-order valence-electron chi connectivity index (χ2n) is 4.59. The van der Waals surface area contributed by atoms with E-state index in [2.05, 4.69) is 14.7 Å². The minimum Gasteiger partial charge on any atom is -0.467 e. The lowest BCUT2D eigenvalue weighted by Crippen LogP contribution is -2.18. The second-order valence-corrected chi connectivity index (χ2v) is 4.59. The number of rotatable bonds is 4. The topological polar surface area (TPSA) is 87.3 Å². The van der Waals surface area contributed by atoms with Crippen LogP contribution in [0.2, 0.25) is 0 Å². The number of nitrogens with zero attached hydrogens (tertiary/aromatic N) is 2. The average molecular weight is 305 g/mol. The fraction of sp³-hybridized carbons (Fsp3) is 0.267. The third-order valence-corrected chi connectivity index (χ3v) is 3.14. The Balaban J connectivity index is 2.66. The van der Waals surface area contributed by atoms with Crippen LogP contribution in [0.5, 0.6) is 0 Å².